The summed E-state index contributed by atoms with van der Waals surface area (Å²) in [5.41, 5.74) is 0.828. The molecule has 0 saturated carbocycles. The van der Waals surface area contributed by atoms with Gasteiger partial charge >= 0.3 is 8.25 Å². The van der Waals surface area contributed by atoms with Gasteiger partial charge in [-0.05, 0) is 48.4 Å². The van der Waals surface area contributed by atoms with Crippen molar-refractivity contribution in [1.29, 1.82) is 0 Å². The van der Waals surface area contributed by atoms with E-state index < -0.39 is 19.6 Å². The molecule has 1 aromatic carbocycles. The van der Waals surface area contributed by atoms with Gasteiger partial charge in [-0.2, -0.15) is 0 Å². The lowest BCUT2D eigenvalue weighted by Gasteiger charge is -2.27. The molecule has 1 rings (SSSR count). The van der Waals surface area contributed by atoms with Crippen LogP contribution < -0.4 is 0 Å². The number of benzene rings is 1. The summed E-state index contributed by atoms with van der Waals surface area (Å²) in [6.07, 6.45) is 9.09. The smallest absolute Gasteiger partial charge is 0.507 e. The fourth-order valence-corrected chi connectivity index (χ4v) is 3.13. The van der Waals surface area contributed by atoms with Crippen LogP contribution in [0.2, 0.25) is 0 Å². The molecule has 0 heterocycles. The first-order valence-corrected chi connectivity index (χ1v) is 12.2. The molecule has 2 N–H and O–H groups in total. The Labute approximate surface area is 195 Å². The highest BCUT2D eigenvalue weighted by Crippen LogP contribution is 2.40. The van der Waals surface area contributed by atoms with Gasteiger partial charge in [-0.15, -0.1) is 9.42 Å². The van der Waals surface area contributed by atoms with Crippen LogP contribution in [0.5, 0.6) is 5.75 Å². The Morgan fingerprint density at radius 3 is 1.72 bits per heavy atom. The normalized spacial score (nSPS) is 13.3. The predicted molar refractivity (Wildman–Crippen MR) is 134 cm³/mol. The molecule has 0 amide bonds. The van der Waals surface area contributed by atoms with Gasteiger partial charge in [0.2, 0.25) is 0 Å². The summed E-state index contributed by atoms with van der Waals surface area (Å²) >= 11 is 0. The van der Waals surface area contributed by atoms with E-state index in [1.807, 2.05) is 18.2 Å². The minimum absolute atomic E-state index is 0.220. The quantitative estimate of drug-likeness (QED) is 0.249. The molecule has 0 bridgehead atoms. The van der Waals surface area contributed by atoms with Crippen molar-refractivity contribution < 1.29 is 23.9 Å². The molecule has 0 fully saturated rings. The van der Waals surface area contributed by atoms with Crippen LogP contribution >= 0.6 is 8.25 Å². The number of allylic oxidation sites excluding steroid dienone is 2. The van der Waals surface area contributed by atoms with Crippen LogP contribution in [0.15, 0.2) is 30.4 Å². The van der Waals surface area contributed by atoms with Gasteiger partial charge in [-0.25, -0.2) is 0 Å². The van der Waals surface area contributed by atoms with E-state index >= 15 is 0 Å². The number of rotatable bonds is 7. The highest BCUT2D eigenvalue weighted by Gasteiger charge is 2.36. The molecule has 0 aliphatic carbocycles. The summed E-state index contributed by atoms with van der Waals surface area (Å²) in [7, 11) is -2.86. The number of carbonyl (C=O) groups is 1. The van der Waals surface area contributed by atoms with Crippen molar-refractivity contribution in [1.82, 2.24) is 0 Å². The molecule has 6 heteroatoms. The van der Waals surface area contributed by atoms with Gasteiger partial charge in [0.15, 0.2) is 11.4 Å². The van der Waals surface area contributed by atoms with Gasteiger partial charge in [0.1, 0.15) is 5.75 Å². The number of aromatic hydroxyl groups is 1. The third-order valence-corrected chi connectivity index (χ3v) is 5.41. The fraction of sp³-hybridized carbons (Fsp3) is 0.577. The van der Waals surface area contributed by atoms with Gasteiger partial charge in [0, 0.05) is 15.7 Å². The molecule has 0 aliphatic heterocycles. The second-order valence-electron chi connectivity index (χ2n) is 10.4. The van der Waals surface area contributed by atoms with E-state index in [-0.39, 0.29) is 10.8 Å². The van der Waals surface area contributed by atoms with Gasteiger partial charge in [0.05, 0.1) is 0 Å². The molecular formula is C26H42O5P+. The fourth-order valence-electron chi connectivity index (χ4n) is 2.65. The molecule has 1 unspecified atom stereocenters. The van der Waals surface area contributed by atoms with Crippen molar-refractivity contribution in [2.45, 2.75) is 98.5 Å². The lowest BCUT2D eigenvalue weighted by atomic mass is 9.78. The first-order chi connectivity index (χ1) is 14.5. The van der Waals surface area contributed by atoms with Crippen LogP contribution in [0.1, 0.15) is 98.8 Å². The van der Waals surface area contributed by atoms with Crippen molar-refractivity contribution in [3.8, 4) is 5.75 Å². The second-order valence-corrected chi connectivity index (χ2v) is 11.0. The largest absolute Gasteiger partial charge is 0.695 e. The number of hydrogen-bond acceptors (Lipinski definition) is 4. The number of phenols is 1. The standard InChI is InChI=1S/C22H31O5P.C4H10/c1-20(2,3)16-13-15(14-17(19(16)24)21(4,5)6)11-9-10-12-18(23)22(7,8)27-28(25)26;1-3-4-2/h9-14H,1-8H3,(H-,23,24,25,26);3-4H2,1-2H3/p+1. The number of carbonyl (C=O) groups excluding carboxylic acids is 1. The number of ketones is 1. The van der Waals surface area contributed by atoms with Crippen LogP contribution in [0, 0.1) is 0 Å². The molecule has 0 spiro atoms. The first kappa shape index (κ1) is 30.2. The zero-order chi connectivity index (χ0) is 25.3. The number of phenolic OH excluding ortho intramolecular Hbond substituents is 1. The number of hydrogen-bond donors (Lipinski definition) is 2. The van der Waals surface area contributed by atoms with E-state index in [2.05, 4.69) is 55.4 Å². The minimum Gasteiger partial charge on any atom is -0.507 e. The first-order valence-electron chi connectivity index (χ1n) is 11.1. The van der Waals surface area contributed by atoms with Crippen molar-refractivity contribution >= 4 is 20.1 Å². The maximum Gasteiger partial charge on any atom is 0.695 e. The molecular weight excluding hydrogens is 423 g/mol. The maximum absolute atomic E-state index is 12.1. The summed E-state index contributed by atoms with van der Waals surface area (Å²) in [4.78, 5) is 20.9. The average Bonchev–Trinajstić information content (AvgIpc) is 2.63. The van der Waals surface area contributed by atoms with Gasteiger partial charge in [-0.1, -0.05) is 86.5 Å². The van der Waals surface area contributed by atoms with Gasteiger partial charge < -0.3 is 5.11 Å². The van der Waals surface area contributed by atoms with Crippen molar-refractivity contribution in [2.75, 3.05) is 0 Å². The summed E-state index contributed by atoms with van der Waals surface area (Å²) < 4.78 is 15.5. The van der Waals surface area contributed by atoms with Gasteiger partial charge in [-0.3, -0.25) is 4.79 Å². The van der Waals surface area contributed by atoms with E-state index in [9.17, 15) is 14.5 Å². The Bertz CT molecular complexity index is 800. The lowest BCUT2D eigenvalue weighted by Crippen LogP contribution is -2.31. The monoisotopic (exact) mass is 465 g/mol. The Kier molecular flexibility index (Phi) is 11.7. The molecule has 0 saturated heterocycles. The van der Waals surface area contributed by atoms with E-state index in [0.29, 0.717) is 5.75 Å². The molecule has 0 aromatic heterocycles. The lowest BCUT2D eigenvalue weighted by molar-refractivity contribution is -0.126. The number of unbranched alkanes of at least 4 members (excludes halogenated alkanes) is 1. The van der Waals surface area contributed by atoms with Crippen LogP contribution in [-0.4, -0.2) is 21.4 Å². The Balaban J connectivity index is 0.00000220. The van der Waals surface area contributed by atoms with Crippen molar-refractivity contribution in [2.24, 2.45) is 0 Å². The molecule has 1 aromatic rings. The molecule has 32 heavy (non-hydrogen) atoms. The van der Waals surface area contributed by atoms with Crippen LogP contribution in [0.3, 0.4) is 0 Å². The molecule has 1 atom stereocenters. The average molecular weight is 466 g/mol. The summed E-state index contributed by atoms with van der Waals surface area (Å²) in [6.45, 7) is 19.5. The highest BCUT2D eigenvalue weighted by atomic mass is 31.1. The Morgan fingerprint density at radius 1 is 0.938 bits per heavy atom. The maximum atomic E-state index is 12.1. The van der Waals surface area contributed by atoms with Crippen molar-refractivity contribution in [3.05, 3.63) is 47.1 Å². The molecule has 0 aliphatic rings. The Hall–Kier alpha value is -1.81. The van der Waals surface area contributed by atoms with Gasteiger partial charge in [0.25, 0.3) is 0 Å². The summed E-state index contributed by atoms with van der Waals surface area (Å²) in [5.74, 6) is -0.0918. The molecule has 5 nitrogen and oxygen atoms in total. The zero-order valence-corrected chi connectivity index (χ0v) is 22.3. The van der Waals surface area contributed by atoms with E-state index in [0.717, 1.165) is 16.7 Å². The third kappa shape index (κ3) is 10.2. The SMILES string of the molecule is CC(C)(O[P+](=O)O)C(=O)/C=C/C=C/c1cc(C(C)(C)C)c(O)c(C(C)(C)C)c1.CCCC. The molecule has 0 radical (unpaired) electrons. The zero-order valence-electron chi connectivity index (χ0n) is 21.4. The third-order valence-electron chi connectivity index (χ3n) is 4.80. The summed E-state index contributed by atoms with van der Waals surface area (Å²) in [5, 5.41) is 10.7. The Morgan fingerprint density at radius 2 is 1.38 bits per heavy atom. The van der Waals surface area contributed by atoms with Crippen LogP contribution in [0.4, 0.5) is 0 Å². The van der Waals surface area contributed by atoms with Crippen LogP contribution in [0.25, 0.3) is 6.08 Å². The second kappa shape index (κ2) is 12.4. The van der Waals surface area contributed by atoms with Crippen molar-refractivity contribution in [3.63, 3.8) is 0 Å². The van der Waals surface area contributed by atoms with E-state index in [1.54, 1.807) is 12.2 Å². The minimum atomic E-state index is -2.86. The topological polar surface area (TPSA) is 83.8 Å². The van der Waals surface area contributed by atoms with E-state index in [4.69, 9.17) is 9.42 Å². The van der Waals surface area contributed by atoms with E-state index in [1.165, 1.54) is 32.8 Å². The highest BCUT2D eigenvalue weighted by molar-refractivity contribution is 7.32. The molecule has 180 valence electrons. The predicted octanol–water partition coefficient (Wildman–Crippen LogP) is 7.38. The van der Waals surface area contributed by atoms with Crippen LogP contribution in [-0.2, 0) is 24.7 Å². The summed E-state index contributed by atoms with van der Waals surface area (Å²) in [6, 6.07) is 3.89.